The predicted molar refractivity (Wildman–Crippen MR) is 67.5 cm³/mol. The van der Waals surface area contributed by atoms with Crippen LogP contribution in [-0.4, -0.2) is 35.0 Å². The number of nitro groups is 1. The highest BCUT2D eigenvalue weighted by Crippen LogP contribution is 2.30. The number of aliphatic hydroxyl groups excluding tert-OH is 1. The van der Waals surface area contributed by atoms with Crippen molar-refractivity contribution in [3.8, 4) is 0 Å². The summed E-state index contributed by atoms with van der Waals surface area (Å²) < 4.78 is 25.6. The van der Waals surface area contributed by atoms with Gasteiger partial charge in [-0.3, -0.25) is 14.9 Å². The topological polar surface area (TPSA) is 92.5 Å². The summed E-state index contributed by atoms with van der Waals surface area (Å²) in [5.41, 5.74) is -0.905. The van der Waals surface area contributed by atoms with E-state index >= 15 is 0 Å². The van der Waals surface area contributed by atoms with Crippen molar-refractivity contribution in [1.29, 1.82) is 0 Å². The Kier molecular flexibility index (Phi) is 5.21. The Morgan fingerprint density at radius 2 is 2.05 bits per heavy atom. The fourth-order valence-electron chi connectivity index (χ4n) is 1.21. The van der Waals surface area contributed by atoms with Gasteiger partial charge >= 0.3 is 0 Å². The molecular formula is C10H8Cl2F2N2O4. The molecule has 1 amide bonds. The number of non-ortho nitro benzene ring substituents is 1. The van der Waals surface area contributed by atoms with E-state index in [2.05, 4.69) is 0 Å². The molecule has 0 saturated carbocycles. The lowest BCUT2D eigenvalue weighted by Gasteiger charge is -2.14. The van der Waals surface area contributed by atoms with Gasteiger partial charge in [-0.05, 0) is 0 Å². The van der Waals surface area contributed by atoms with Gasteiger partial charge in [0.2, 0.25) is 0 Å². The van der Waals surface area contributed by atoms with Crippen LogP contribution in [0.15, 0.2) is 12.1 Å². The van der Waals surface area contributed by atoms with Crippen LogP contribution in [0.5, 0.6) is 0 Å². The van der Waals surface area contributed by atoms with Crippen molar-refractivity contribution in [2.75, 3.05) is 13.2 Å². The van der Waals surface area contributed by atoms with E-state index in [4.69, 9.17) is 28.3 Å². The Morgan fingerprint density at radius 3 is 2.55 bits per heavy atom. The van der Waals surface area contributed by atoms with E-state index in [1.54, 1.807) is 0 Å². The normalized spacial score (nSPS) is 11.2. The number of halogens is 4. The molecule has 20 heavy (non-hydrogen) atoms. The number of alkyl halides is 2. The first-order chi connectivity index (χ1) is 9.18. The molecule has 1 aromatic carbocycles. The maximum absolute atomic E-state index is 12.8. The van der Waals surface area contributed by atoms with Gasteiger partial charge in [0.25, 0.3) is 17.5 Å². The van der Waals surface area contributed by atoms with Crippen molar-refractivity contribution >= 4 is 34.8 Å². The highest BCUT2D eigenvalue weighted by atomic mass is 35.5. The minimum atomic E-state index is -3.51. The molecule has 6 nitrogen and oxygen atoms in total. The van der Waals surface area contributed by atoms with Crippen LogP contribution in [0.4, 0.5) is 14.5 Å². The van der Waals surface area contributed by atoms with Crippen molar-refractivity contribution in [2.24, 2.45) is 0 Å². The smallest absolute Gasteiger partial charge is 0.287 e. The number of carbonyl (C=O) groups excluding carboxylic acids is 1. The molecule has 0 aliphatic heterocycles. The number of nitro benzene ring substituents is 1. The summed E-state index contributed by atoms with van der Waals surface area (Å²) in [5.74, 6) is -4.57. The third kappa shape index (κ3) is 3.99. The molecule has 0 spiro atoms. The third-order valence-corrected chi connectivity index (χ3v) is 3.01. The van der Waals surface area contributed by atoms with Crippen LogP contribution >= 0.6 is 23.2 Å². The molecule has 0 heterocycles. The molecule has 0 fully saturated rings. The quantitative estimate of drug-likeness (QED) is 0.640. The van der Waals surface area contributed by atoms with E-state index < -0.39 is 41.2 Å². The number of nitrogens with one attached hydrogen (secondary N) is 1. The Bertz CT molecular complexity index is 554. The third-order valence-electron chi connectivity index (χ3n) is 2.21. The molecule has 0 unspecified atom stereocenters. The fourth-order valence-corrected chi connectivity index (χ4v) is 1.61. The van der Waals surface area contributed by atoms with Crippen LogP contribution in [-0.2, 0) is 0 Å². The van der Waals surface area contributed by atoms with Gasteiger partial charge in [0.05, 0.1) is 27.1 Å². The Balaban J connectivity index is 3.01. The van der Waals surface area contributed by atoms with Gasteiger partial charge in [0.15, 0.2) is 0 Å². The van der Waals surface area contributed by atoms with Gasteiger partial charge in [-0.2, -0.15) is 0 Å². The number of rotatable bonds is 5. The molecule has 0 saturated heterocycles. The van der Waals surface area contributed by atoms with Gasteiger partial charge in [-0.15, -0.1) is 0 Å². The van der Waals surface area contributed by atoms with Gasteiger partial charge < -0.3 is 10.4 Å². The summed E-state index contributed by atoms with van der Waals surface area (Å²) in [6, 6.07) is 1.75. The second-order valence-electron chi connectivity index (χ2n) is 3.74. The van der Waals surface area contributed by atoms with Crippen LogP contribution in [0.3, 0.4) is 0 Å². The van der Waals surface area contributed by atoms with Crippen LogP contribution in [0.1, 0.15) is 10.4 Å². The molecule has 2 N–H and O–H groups in total. The number of hydrogen-bond donors (Lipinski definition) is 2. The molecule has 110 valence electrons. The van der Waals surface area contributed by atoms with E-state index in [9.17, 15) is 23.7 Å². The molecule has 0 bridgehead atoms. The summed E-state index contributed by atoms with van der Waals surface area (Å²) in [6.07, 6.45) is 0. The van der Waals surface area contributed by atoms with Gasteiger partial charge in [-0.1, -0.05) is 23.2 Å². The first kappa shape index (κ1) is 16.5. The van der Waals surface area contributed by atoms with Crippen molar-refractivity contribution in [1.82, 2.24) is 5.32 Å². The maximum atomic E-state index is 12.8. The first-order valence-electron chi connectivity index (χ1n) is 5.08. The van der Waals surface area contributed by atoms with E-state index in [0.29, 0.717) is 0 Å². The first-order valence-corrected chi connectivity index (χ1v) is 5.84. The monoisotopic (exact) mass is 328 g/mol. The molecular weight excluding hydrogens is 321 g/mol. The summed E-state index contributed by atoms with van der Waals surface area (Å²) in [7, 11) is 0. The summed E-state index contributed by atoms with van der Waals surface area (Å²) in [6.45, 7) is -2.59. The summed E-state index contributed by atoms with van der Waals surface area (Å²) >= 11 is 11.3. The van der Waals surface area contributed by atoms with Crippen LogP contribution in [0.2, 0.25) is 10.0 Å². The largest absolute Gasteiger partial charge is 0.390 e. The van der Waals surface area contributed by atoms with Crippen LogP contribution in [0, 0.1) is 10.1 Å². The van der Waals surface area contributed by atoms with Crippen molar-refractivity contribution in [2.45, 2.75) is 5.92 Å². The van der Waals surface area contributed by atoms with E-state index in [-0.39, 0.29) is 10.0 Å². The minimum Gasteiger partial charge on any atom is -0.390 e. The standard InChI is InChI=1S/C10H8Cl2F2N2O4/c11-7-2-5(16(19)20)1-6(8(7)12)9(18)15-3-10(13,14)4-17/h1-2,17H,3-4H2,(H,15,18). The Hall–Kier alpha value is -1.51. The molecule has 1 aromatic rings. The van der Waals surface area contributed by atoms with E-state index in [1.165, 1.54) is 0 Å². The highest BCUT2D eigenvalue weighted by Gasteiger charge is 2.29. The number of carbonyl (C=O) groups is 1. The fraction of sp³-hybridized carbons (Fsp3) is 0.300. The maximum Gasteiger partial charge on any atom is 0.287 e. The van der Waals surface area contributed by atoms with Gasteiger partial charge in [0.1, 0.15) is 6.61 Å². The van der Waals surface area contributed by atoms with Crippen molar-refractivity contribution < 1.29 is 23.6 Å². The SMILES string of the molecule is O=C(NCC(F)(F)CO)c1cc([N+](=O)[O-])cc(Cl)c1Cl. The number of amides is 1. The van der Waals surface area contributed by atoms with Gasteiger partial charge in [-0.25, -0.2) is 8.78 Å². The zero-order chi connectivity index (χ0) is 15.5. The second-order valence-corrected chi connectivity index (χ2v) is 4.53. The van der Waals surface area contributed by atoms with Crippen molar-refractivity contribution in [3.05, 3.63) is 37.9 Å². The zero-order valence-electron chi connectivity index (χ0n) is 9.70. The molecule has 0 radical (unpaired) electrons. The predicted octanol–water partition coefficient (Wildman–Crippen LogP) is 2.26. The van der Waals surface area contributed by atoms with Gasteiger partial charge in [0, 0.05) is 12.1 Å². The molecule has 0 aliphatic rings. The minimum absolute atomic E-state index is 0.250. The molecule has 0 atom stereocenters. The second kappa shape index (κ2) is 6.29. The van der Waals surface area contributed by atoms with E-state index in [0.717, 1.165) is 12.1 Å². The number of nitrogens with zero attached hydrogens (tertiary/aromatic N) is 1. The molecule has 0 aromatic heterocycles. The van der Waals surface area contributed by atoms with E-state index in [1.807, 2.05) is 5.32 Å². The lowest BCUT2D eigenvalue weighted by Crippen LogP contribution is -2.39. The lowest BCUT2D eigenvalue weighted by atomic mass is 10.2. The Labute approximate surface area is 121 Å². The highest BCUT2D eigenvalue weighted by molar-refractivity contribution is 6.44. The average Bonchev–Trinajstić information content (AvgIpc) is 2.38. The molecule has 0 aliphatic carbocycles. The van der Waals surface area contributed by atoms with Crippen LogP contribution in [0.25, 0.3) is 0 Å². The zero-order valence-corrected chi connectivity index (χ0v) is 11.2. The number of benzene rings is 1. The Morgan fingerprint density at radius 1 is 1.45 bits per heavy atom. The average molecular weight is 329 g/mol. The number of aliphatic hydroxyl groups is 1. The molecule has 10 heteroatoms. The lowest BCUT2D eigenvalue weighted by molar-refractivity contribution is -0.384. The summed E-state index contributed by atoms with van der Waals surface area (Å²) in [5, 5.41) is 20.2. The number of hydrogen-bond acceptors (Lipinski definition) is 4. The van der Waals surface area contributed by atoms with Crippen LogP contribution < -0.4 is 5.32 Å². The van der Waals surface area contributed by atoms with Crippen molar-refractivity contribution in [3.63, 3.8) is 0 Å². The molecule has 1 rings (SSSR count). The summed E-state index contributed by atoms with van der Waals surface area (Å²) in [4.78, 5) is 21.5.